The van der Waals surface area contributed by atoms with Crippen LogP contribution in [0.25, 0.3) is 0 Å². The molecule has 0 aromatic rings. The molecule has 0 aliphatic carbocycles. The highest BCUT2D eigenvalue weighted by Gasteiger charge is 2.60. The number of ether oxygens (including phenoxy) is 1. The van der Waals surface area contributed by atoms with Crippen molar-refractivity contribution in [2.45, 2.75) is 65.5 Å². The molecular weight excluding hydrogens is 360 g/mol. The quantitative estimate of drug-likeness (QED) is 0.718. The Bertz CT molecular complexity index is 798. The van der Waals surface area contributed by atoms with Crippen molar-refractivity contribution in [1.29, 1.82) is 0 Å². The van der Waals surface area contributed by atoms with Gasteiger partial charge in [-0.05, 0) is 33.3 Å². The molecule has 9 heteroatoms. The summed E-state index contributed by atoms with van der Waals surface area (Å²) in [5.41, 5.74) is -1.10. The number of rotatable bonds is 2. The van der Waals surface area contributed by atoms with E-state index in [4.69, 9.17) is 4.74 Å². The van der Waals surface area contributed by atoms with Crippen LogP contribution in [0.2, 0.25) is 0 Å². The van der Waals surface area contributed by atoms with Crippen molar-refractivity contribution in [3.8, 4) is 0 Å². The van der Waals surface area contributed by atoms with Crippen molar-refractivity contribution < 1.29 is 27.5 Å². The number of allylic oxidation sites excluding steroid dienone is 1. The average Bonchev–Trinajstić information content (AvgIpc) is 2.40. The third kappa shape index (κ3) is 3.62. The first-order valence-electron chi connectivity index (χ1n) is 8.35. The van der Waals surface area contributed by atoms with Crippen LogP contribution in [0.1, 0.15) is 48.5 Å². The van der Waals surface area contributed by atoms with Crippen molar-refractivity contribution in [3.05, 3.63) is 11.3 Å². The van der Waals surface area contributed by atoms with Crippen LogP contribution in [-0.2, 0) is 24.2 Å². The maximum absolute atomic E-state index is 12.7. The predicted molar refractivity (Wildman–Crippen MR) is 94.7 cm³/mol. The van der Waals surface area contributed by atoms with Gasteiger partial charge >= 0.3 is 6.09 Å². The number of nitrogens with zero attached hydrogens (tertiary/aromatic N) is 1. The molecular formula is C17H26N2O6S. The van der Waals surface area contributed by atoms with Crippen LogP contribution >= 0.6 is 0 Å². The van der Waals surface area contributed by atoms with Gasteiger partial charge in [0.2, 0.25) is 0 Å². The summed E-state index contributed by atoms with van der Waals surface area (Å²) in [4.78, 5) is 38.3. The van der Waals surface area contributed by atoms with E-state index in [1.165, 1.54) is 6.92 Å². The normalized spacial score (nSPS) is 25.3. The Morgan fingerprint density at radius 1 is 1.15 bits per heavy atom. The number of β-lactam (4-membered cyclic amide) rings is 1. The Labute approximate surface area is 153 Å². The van der Waals surface area contributed by atoms with Gasteiger partial charge in [0.1, 0.15) is 11.6 Å². The highest BCUT2D eigenvalue weighted by atomic mass is 32.2. The monoisotopic (exact) mass is 386 g/mol. The van der Waals surface area contributed by atoms with E-state index in [2.05, 4.69) is 5.32 Å². The van der Waals surface area contributed by atoms with Gasteiger partial charge in [-0.3, -0.25) is 14.5 Å². The summed E-state index contributed by atoms with van der Waals surface area (Å²) < 4.78 is 30.2. The Balaban J connectivity index is 2.35. The minimum atomic E-state index is -3.73. The first-order chi connectivity index (χ1) is 11.6. The smallest absolute Gasteiger partial charge is 0.408 e. The first-order valence-corrected chi connectivity index (χ1v) is 10.1. The van der Waals surface area contributed by atoms with Crippen molar-refractivity contribution in [2.75, 3.05) is 5.75 Å². The second-order valence-corrected chi connectivity index (χ2v) is 10.8. The summed E-state index contributed by atoms with van der Waals surface area (Å²) in [7, 11) is -3.73. The van der Waals surface area contributed by atoms with E-state index in [1.807, 2.05) is 0 Å². The van der Waals surface area contributed by atoms with Crippen LogP contribution in [0.3, 0.4) is 0 Å². The van der Waals surface area contributed by atoms with Gasteiger partial charge < -0.3 is 10.1 Å². The molecule has 0 bridgehead atoms. The maximum atomic E-state index is 12.7. The van der Waals surface area contributed by atoms with Gasteiger partial charge in [0.25, 0.3) is 5.91 Å². The van der Waals surface area contributed by atoms with Gasteiger partial charge in [-0.1, -0.05) is 20.8 Å². The lowest BCUT2D eigenvalue weighted by Gasteiger charge is -2.50. The van der Waals surface area contributed by atoms with Gasteiger partial charge in [0, 0.05) is 5.41 Å². The molecule has 0 saturated carbocycles. The number of fused-ring (bicyclic) bond motifs is 1. The van der Waals surface area contributed by atoms with Crippen LogP contribution in [0.15, 0.2) is 11.3 Å². The van der Waals surface area contributed by atoms with E-state index in [-0.39, 0.29) is 17.2 Å². The predicted octanol–water partition coefficient (Wildman–Crippen LogP) is 1.37. The summed E-state index contributed by atoms with van der Waals surface area (Å²) in [6.07, 6.45) is -0.874. The summed E-state index contributed by atoms with van der Waals surface area (Å²) >= 11 is 0. The molecule has 26 heavy (non-hydrogen) atoms. The molecule has 8 nitrogen and oxygen atoms in total. The minimum absolute atomic E-state index is 0.115. The number of alkyl carbamates (subject to hydrolysis) is 1. The van der Waals surface area contributed by atoms with E-state index >= 15 is 0 Å². The van der Waals surface area contributed by atoms with E-state index in [9.17, 15) is 22.8 Å². The fourth-order valence-electron chi connectivity index (χ4n) is 2.96. The summed E-state index contributed by atoms with van der Waals surface area (Å²) in [5.74, 6) is -1.26. The average molecular weight is 386 g/mol. The van der Waals surface area contributed by atoms with Crippen LogP contribution < -0.4 is 5.32 Å². The van der Waals surface area contributed by atoms with Crippen molar-refractivity contribution in [1.82, 2.24) is 10.2 Å². The molecule has 2 rings (SSSR count). The first kappa shape index (κ1) is 20.4. The lowest BCUT2D eigenvalue weighted by molar-refractivity contribution is -0.146. The Hall–Kier alpha value is -1.90. The summed E-state index contributed by atoms with van der Waals surface area (Å²) in [5, 5.41) is 1.04. The third-order valence-corrected chi connectivity index (χ3v) is 6.10. The molecule has 1 saturated heterocycles. The minimum Gasteiger partial charge on any atom is -0.444 e. The van der Waals surface area contributed by atoms with Crippen molar-refractivity contribution in [3.63, 3.8) is 0 Å². The highest BCUT2D eigenvalue weighted by molar-refractivity contribution is 7.92. The number of ketones is 1. The number of sulfone groups is 1. The number of amides is 2. The Morgan fingerprint density at radius 3 is 2.15 bits per heavy atom. The molecule has 2 amide bonds. The number of Topliss-reactive ketones (excluding diaryl/α,β-unsaturated/α-hetero) is 1. The summed E-state index contributed by atoms with van der Waals surface area (Å²) in [6.45, 7) is 11.6. The molecule has 0 unspecified atom stereocenters. The van der Waals surface area contributed by atoms with E-state index in [0.29, 0.717) is 5.57 Å². The molecule has 1 fully saturated rings. The largest absolute Gasteiger partial charge is 0.444 e. The van der Waals surface area contributed by atoms with Gasteiger partial charge in [0.15, 0.2) is 21.0 Å². The van der Waals surface area contributed by atoms with Gasteiger partial charge in [-0.2, -0.15) is 0 Å². The molecule has 2 aliphatic heterocycles. The van der Waals surface area contributed by atoms with E-state index in [1.54, 1.807) is 41.5 Å². The fraction of sp³-hybridized carbons (Fsp3) is 0.706. The lowest BCUT2D eigenvalue weighted by Crippen LogP contribution is -2.75. The second-order valence-electron chi connectivity index (χ2n) is 8.74. The van der Waals surface area contributed by atoms with Crippen molar-refractivity contribution >= 4 is 27.6 Å². The SMILES string of the molecule is CC1=C(C(=O)C(C)(C)C)N2C(=O)[C@@H](NC(=O)OC(C)(C)C)[C@H]2S(=O)(=O)C1. The maximum Gasteiger partial charge on any atom is 0.408 e. The summed E-state index contributed by atoms with van der Waals surface area (Å²) in [6, 6.07) is -1.26. The molecule has 0 aromatic heterocycles. The molecule has 2 aliphatic rings. The number of hydrogen-bond donors (Lipinski definition) is 1. The van der Waals surface area contributed by atoms with Crippen LogP contribution in [0.5, 0.6) is 0 Å². The zero-order valence-corrected chi connectivity index (χ0v) is 17.0. The van der Waals surface area contributed by atoms with E-state index < -0.39 is 44.3 Å². The highest BCUT2D eigenvalue weighted by Crippen LogP contribution is 2.39. The van der Waals surface area contributed by atoms with Crippen LogP contribution in [0.4, 0.5) is 4.79 Å². The molecule has 2 atom stereocenters. The molecule has 1 N–H and O–H groups in total. The Kier molecular flexibility index (Phi) is 4.77. The number of hydrogen-bond acceptors (Lipinski definition) is 6. The zero-order chi connectivity index (χ0) is 20.2. The molecule has 0 radical (unpaired) electrons. The lowest BCUT2D eigenvalue weighted by atomic mass is 9.85. The van der Waals surface area contributed by atoms with Crippen LogP contribution in [-0.4, -0.2) is 53.9 Å². The van der Waals surface area contributed by atoms with Crippen molar-refractivity contribution in [2.24, 2.45) is 5.41 Å². The zero-order valence-electron chi connectivity index (χ0n) is 16.2. The third-order valence-electron chi connectivity index (χ3n) is 4.04. The standard InChI is InChI=1S/C17H26N2O6S/c1-9-8-26(23,24)14-10(18-15(22)25-17(5,6)7)13(21)19(14)11(9)12(20)16(2,3)4/h10,14H,8H2,1-7H3,(H,18,22)/t10-,14-/m1/s1. The number of carbonyl (C=O) groups is 3. The van der Waals surface area contributed by atoms with E-state index in [0.717, 1.165) is 4.90 Å². The van der Waals surface area contributed by atoms with Gasteiger partial charge in [-0.15, -0.1) is 0 Å². The molecule has 146 valence electrons. The Morgan fingerprint density at radius 2 is 1.69 bits per heavy atom. The second kappa shape index (κ2) is 6.07. The fourth-order valence-corrected chi connectivity index (χ4v) is 5.00. The van der Waals surface area contributed by atoms with Gasteiger partial charge in [-0.25, -0.2) is 13.2 Å². The number of nitrogens with one attached hydrogen (secondary N) is 1. The van der Waals surface area contributed by atoms with Crippen LogP contribution in [0, 0.1) is 5.41 Å². The number of carbonyl (C=O) groups excluding carboxylic acids is 3. The molecule has 0 spiro atoms. The molecule has 0 aromatic carbocycles. The molecule has 2 heterocycles. The topological polar surface area (TPSA) is 110 Å². The van der Waals surface area contributed by atoms with Gasteiger partial charge in [0.05, 0.1) is 11.4 Å².